The summed E-state index contributed by atoms with van der Waals surface area (Å²) in [6, 6.07) is 8.59. The largest absolute Gasteiger partial charge is 0.455 e. The second kappa shape index (κ2) is 6.07. The van der Waals surface area contributed by atoms with Crippen LogP contribution in [0.25, 0.3) is 11.3 Å². The van der Waals surface area contributed by atoms with Crippen LogP contribution in [0.3, 0.4) is 0 Å². The van der Waals surface area contributed by atoms with E-state index in [0.29, 0.717) is 39.0 Å². The molecule has 0 spiro atoms. The van der Waals surface area contributed by atoms with Crippen LogP contribution < -0.4 is 0 Å². The van der Waals surface area contributed by atoms with Crippen LogP contribution in [0, 0.1) is 35.5 Å². The van der Waals surface area contributed by atoms with Gasteiger partial charge in [0.05, 0.1) is 23.1 Å². The standard InChI is InChI=1S/C22H16Cl2N2O3/c23-10-1-5-17(24)16(7-10)18-6-2-11(29-18)9-25-26-21(27)19-12-3-4-13(15-8-14(12)15)20(19)22(26)28/h1-7,9,12-15,19-20H,8H2/t12-,13-,14-,15+,19+,20+/m0/s1. The Balaban J connectivity index is 1.26. The summed E-state index contributed by atoms with van der Waals surface area (Å²) in [6.45, 7) is 0. The van der Waals surface area contributed by atoms with Gasteiger partial charge in [0, 0.05) is 10.6 Å². The maximum atomic E-state index is 12.9. The van der Waals surface area contributed by atoms with Gasteiger partial charge in [-0.05, 0) is 60.4 Å². The maximum absolute atomic E-state index is 12.9. The first-order valence-corrected chi connectivity index (χ1v) is 10.4. The fourth-order valence-corrected chi connectivity index (χ4v) is 5.81. The number of carbonyl (C=O) groups excluding carboxylic acids is 2. The van der Waals surface area contributed by atoms with E-state index in [1.54, 1.807) is 30.3 Å². The van der Waals surface area contributed by atoms with Crippen molar-refractivity contribution in [2.75, 3.05) is 0 Å². The Hall–Kier alpha value is -2.37. The minimum atomic E-state index is -0.254. The summed E-state index contributed by atoms with van der Waals surface area (Å²) in [6.07, 6.45) is 6.84. The summed E-state index contributed by atoms with van der Waals surface area (Å²) in [5.74, 6) is 1.59. The number of halogens is 2. The third kappa shape index (κ3) is 2.50. The molecule has 1 aromatic heterocycles. The average Bonchev–Trinajstić information content (AvgIpc) is 3.36. The number of rotatable bonds is 3. The predicted octanol–water partition coefficient (Wildman–Crippen LogP) is 4.64. The van der Waals surface area contributed by atoms with Gasteiger partial charge in [0.25, 0.3) is 11.8 Å². The van der Waals surface area contributed by atoms with Crippen LogP contribution in [-0.2, 0) is 9.59 Å². The normalized spacial score (nSPS) is 34.2. The number of amides is 2. The van der Waals surface area contributed by atoms with Crippen LogP contribution in [0.5, 0.6) is 0 Å². The van der Waals surface area contributed by atoms with Gasteiger partial charge in [-0.15, -0.1) is 0 Å². The first-order chi connectivity index (χ1) is 14.0. The number of nitrogens with zero attached hydrogens (tertiary/aromatic N) is 2. The lowest BCUT2D eigenvalue weighted by atomic mass is 9.63. The molecule has 5 nitrogen and oxygen atoms in total. The van der Waals surface area contributed by atoms with Gasteiger partial charge in [-0.3, -0.25) is 9.59 Å². The number of hydrogen-bond donors (Lipinski definition) is 0. The van der Waals surface area contributed by atoms with Crippen molar-refractivity contribution in [2.24, 2.45) is 40.6 Å². The van der Waals surface area contributed by atoms with Gasteiger partial charge in [-0.2, -0.15) is 10.1 Å². The highest BCUT2D eigenvalue weighted by Crippen LogP contribution is 2.65. The third-order valence-corrected chi connectivity index (χ3v) is 7.33. The molecule has 0 N–H and O–H groups in total. The molecule has 7 heteroatoms. The highest BCUT2D eigenvalue weighted by atomic mass is 35.5. The average molecular weight is 427 g/mol. The van der Waals surface area contributed by atoms with Crippen LogP contribution in [0.1, 0.15) is 12.2 Å². The van der Waals surface area contributed by atoms with E-state index in [0.717, 1.165) is 11.4 Å². The van der Waals surface area contributed by atoms with E-state index < -0.39 is 0 Å². The Bertz CT molecular complexity index is 1090. The highest BCUT2D eigenvalue weighted by Gasteiger charge is 2.67. The molecule has 1 aliphatic heterocycles. The Morgan fingerprint density at radius 1 is 1.00 bits per heavy atom. The molecule has 29 heavy (non-hydrogen) atoms. The molecule has 2 aromatic rings. The van der Waals surface area contributed by atoms with E-state index in [1.807, 2.05) is 0 Å². The number of allylic oxidation sites excluding steroid dienone is 2. The van der Waals surface area contributed by atoms with Crippen LogP contribution in [0.15, 0.2) is 52.0 Å². The molecule has 0 radical (unpaired) electrons. The molecule has 4 aliphatic carbocycles. The van der Waals surface area contributed by atoms with E-state index in [2.05, 4.69) is 17.3 Å². The lowest BCUT2D eigenvalue weighted by molar-refractivity contribution is -0.140. The summed E-state index contributed by atoms with van der Waals surface area (Å²) in [7, 11) is 0. The van der Waals surface area contributed by atoms with E-state index >= 15 is 0 Å². The van der Waals surface area contributed by atoms with Crippen molar-refractivity contribution in [1.29, 1.82) is 0 Å². The van der Waals surface area contributed by atoms with Gasteiger partial charge in [0.1, 0.15) is 11.5 Å². The monoisotopic (exact) mass is 426 g/mol. The van der Waals surface area contributed by atoms with Crippen molar-refractivity contribution in [3.05, 3.63) is 58.3 Å². The zero-order valence-corrected chi connectivity index (χ0v) is 16.7. The highest BCUT2D eigenvalue weighted by molar-refractivity contribution is 6.35. The van der Waals surface area contributed by atoms with Crippen molar-refractivity contribution in [3.8, 4) is 11.3 Å². The predicted molar refractivity (Wildman–Crippen MR) is 108 cm³/mol. The van der Waals surface area contributed by atoms with E-state index in [4.69, 9.17) is 27.6 Å². The molecular formula is C22H16Cl2N2O3. The molecule has 7 rings (SSSR count). The molecule has 5 aliphatic rings. The summed E-state index contributed by atoms with van der Waals surface area (Å²) >= 11 is 12.3. The number of hydrogen-bond acceptors (Lipinski definition) is 4. The first kappa shape index (κ1) is 17.5. The molecule has 2 bridgehead atoms. The molecule has 3 fully saturated rings. The molecular weight excluding hydrogens is 411 g/mol. The van der Waals surface area contributed by atoms with Gasteiger partial charge in [-0.25, -0.2) is 0 Å². The fraction of sp³-hybridized carbons (Fsp3) is 0.318. The first-order valence-electron chi connectivity index (χ1n) is 9.68. The van der Waals surface area contributed by atoms with E-state index in [-0.39, 0.29) is 35.5 Å². The van der Waals surface area contributed by atoms with Crippen molar-refractivity contribution < 1.29 is 14.0 Å². The Kier molecular flexibility index (Phi) is 3.66. The van der Waals surface area contributed by atoms with E-state index in [9.17, 15) is 9.59 Å². The second-order valence-corrected chi connectivity index (χ2v) is 9.06. The van der Waals surface area contributed by atoms with Crippen LogP contribution in [-0.4, -0.2) is 23.0 Å². The Morgan fingerprint density at radius 3 is 2.38 bits per heavy atom. The quantitative estimate of drug-likeness (QED) is 0.407. The van der Waals surface area contributed by atoms with Crippen LogP contribution in [0.4, 0.5) is 0 Å². The maximum Gasteiger partial charge on any atom is 0.254 e. The molecule has 0 unspecified atom stereocenters. The minimum Gasteiger partial charge on any atom is -0.455 e. The molecule has 146 valence electrons. The molecule has 1 aromatic carbocycles. The van der Waals surface area contributed by atoms with Gasteiger partial charge in [-0.1, -0.05) is 35.4 Å². The van der Waals surface area contributed by atoms with Crippen LogP contribution >= 0.6 is 23.2 Å². The molecule has 2 saturated carbocycles. The molecule has 1 saturated heterocycles. The smallest absolute Gasteiger partial charge is 0.254 e. The SMILES string of the molecule is O=C1[C@@H]2[C@H]3C=C[C@@H]([C@@H]4C[C@H]34)[C@H]2C(=O)N1N=Cc1ccc(-c2cc(Cl)ccc2Cl)o1. The number of furan rings is 1. The molecule has 2 amide bonds. The zero-order valence-electron chi connectivity index (χ0n) is 15.2. The topological polar surface area (TPSA) is 62.9 Å². The van der Waals surface area contributed by atoms with Crippen molar-refractivity contribution >= 4 is 41.2 Å². The van der Waals surface area contributed by atoms with Gasteiger partial charge in [0.2, 0.25) is 0 Å². The summed E-state index contributed by atoms with van der Waals surface area (Å²) in [5, 5.41) is 6.30. The van der Waals surface area contributed by atoms with Crippen molar-refractivity contribution in [3.63, 3.8) is 0 Å². The number of benzene rings is 1. The fourth-order valence-electron chi connectivity index (χ4n) is 5.42. The number of carbonyl (C=O) groups is 2. The Labute approximate surface area is 177 Å². The van der Waals surface area contributed by atoms with Gasteiger partial charge < -0.3 is 4.42 Å². The van der Waals surface area contributed by atoms with Gasteiger partial charge >= 0.3 is 0 Å². The van der Waals surface area contributed by atoms with Crippen molar-refractivity contribution in [2.45, 2.75) is 6.42 Å². The summed E-state index contributed by atoms with van der Waals surface area (Å²) in [4.78, 5) is 25.9. The summed E-state index contributed by atoms with van der Waals surface area (Å²) < 4.78 is 5.78. The lowest BCUT2D eigenvalue weighted by Crippen LogP contribution is -2.40. The van der Waals surface area contributed by atoms with E-state index in [1.165, 1.54) is 6.21 Å². The number of hydrazone groups is 1. The van der Waals surface area contributed by atoms with Crippen molar-refractivity contribution in [1.82, 2.24) is 5.01 Å². The van der Waals surface area contributed by atoms with Crippen LogP contribution in [0.2, 0.25) is 10.0 Å². The van der Waals surface area contributed by atoms with Gasteiger partial charge in [0.15, 0.2) is 0 Å². The third-order valence-electron chi connectivity index (χ3n) is 6.76. The zero-order chi connectivity index (χ0) is 19.9. The molecule has 2 heterocycles. The Morgan fingerprint density at radius 2 is 1.69 bits per heavy atom. The second-order valence-electron chi connectivity index (χ2n) is 8.21. The summed E-state index contributed by atoms with van der Waals surface area (Å²) in [5.41, 5.74) is 0.667. The lowest BCUT2D eigenvalue weighted by Gasteiger charge is -2.37. The number of imide groups is 1. The minimum absolute atomic E-state index is 0.187. The molecule has 6 atom stereocenters.